The van der Waals surface area contributed by atoms with Crippen molar-refractivity contribution < 1.29 is 4.79 Å². The predicted octanol–water partition coefficient (Wildman–Crippen LogP) is 2.72. The molecule has 138 valence electrons. The molecular weight excluding hydrogens is 328 g/mol. The largest absolute Gasteiger partial charge is 0.345 e. The number of rotatable bonds is 5. The maximum absolute atomic E-state index is 12.6. The van der Waals surface area contributed by atoms with Gasteiger partial charge in [0.25, 0.3) is 5.56 Å². The Labute approximate surface area is 153 Å². The number of nitrogens with zero attached hydrogens (tertiary/aromatic N) is 3. The van der Waals surface area contributed by atoms with Crippen LogP contribution >= 0.6 is 0 Å². The molecular formula is C20H26N4O2. The number of hydrogen-bond acceptors (Lipinski definition) is 4. The second-order valence-electron chi connectivity index (χ2n) is 7.18. The van der Waals surface area contributed by atoms with E-state index in [1.54, 1.807) is 30.3 Å². The van der Waals surface area contributed by atoms with Crippen LogP contribution in [0.25, 0.3) is 11.4 Å². The van der Waals surface area contributed by atoms with E-state index in [9.17, 15) is 9.59 Å². The number of aromatic nitrogens is 3. The van der Waals surface area contributed by atoms with Crippen molar-refractivity contribution in [1.29, 1.82) is 0 Å². The fourth-order valence-electron chi connectivity index (χ4n) is 3.60. The molecule has 0 unspecified atom stereocenters. The number of aromatic amines is 1. The number of carbonyl (C=O) groups excluding carboxylic acids is 1. The molecule has 6 heteroatoms. The highest BCUT2D eigenvalue weighted by atomic mass is 16.2. The standard InChI is InChI=1S/C20H26N4O2/c1-14-17(11-18(25)24(2)13-15-7-4-3-5-8-15)20(26)23-19(22-14)16-9-6-10-21-12-16/h6,9-10,12,15H,3-5,7-8,11,13H2,1-2H3,(H,22,23,26). The number of pyridine rings is 1. The van der Waals surface area contributed by atoms with E-state index in [1.165, 1.54) is 32.1 Å². The zero-order valence-electron chi connectivity index (χ0n) is 15.5. The minimum Gasteiger partial charge on any atom is -0.345 e. The molecule has 0 bridgehead atoms. The first kappa shape index (κ1) is 18.3. The number of H-pyrrole nitrogens is 1. The van der Waals surface area contributed by atoms with Gasteiger partial charge in [0.2, 0.25) is 5.91 Å². The Balaban J connectivity index is 1.71. The first-order valence-electron chi connectivity index (χ1n) is 9.28. The molecule has 0 aliphatic heterocycles. The third-order valence-electron chi connectivity index (χ3n) is 5.17. The lowest BCUT2D eigenvalue weighted by Crippen LogP contribution is -2.35. The average Bonchev–Trinajstić information content (AvgIpc) is 2.66. The summed E-state index contributed by atoms with van der Waals surface area (Å²) >= 11 is 0. The zero-order valence-corrected chi connectivity index (χ0v) is 15.5. The second kappa shape index (κ2) is 8.25. The summed E-state index contributed by atoms with van der Waals surface area (Å²) in [4.78, 5) is 38.1. The Bertz CT molecular complexity index is 810. The summed E-state index contributed by atoms with van der Waals surface area (Å²) in [6.45, 7) is 2.55. The van der Waals surface area contributed by atoms with Crippen molar-refractivity contribution in [2.75, 3.05) is 13.6 Å². The number of likely N-dealkylation sites (N-methyl/N-ethyl adjacent to an activating group) is 1. The number of carbonyl (C=O) groups is 1. The molecule has 0 radical (unpaired) electrons. The van der Waals surface area contributed by atoms with Crippen molar-refractivity contribution in [2.24, 2.45) is 5.92 Å². The fourth-order valence-corrected chi connectivity index (χ4v) is 3.60. The molecule has 2 aromatic heterocycles. The molecule has 2 heterocycles. The summed E-state index contributed by atoms with van der Waals surface area (Å²) in [5.41, 5.74) is 1.53. The van der Waals surface area contributed by atoms with Crippen LogP contribution in [0.15, 0.2) is 29.3 Å². The molecule has 1 amide bonds. The van der Waals surface area contributed by atoms with Crippen LogP contribution in [0.5, 0.6) is 0 Å². The van der Waals surface area contributed by atoms with Crippen LogP contribution in [0.4, 0.5) is 0 Å². The van der Waals surface area contributed by atoms with Crippen molar-refractivity contribution in [3.05, 3.63) is 46.1 Å². The topological polar surface area (TPSA) is 79.0 Å². The normalized spacial score (nSPS) is 15.0. The van der Waals surface area contributed by atoms with Gasteiger partial charge in [-0.15, -0.1) is 0 Å². The Morgan fingerprint density at radius 1 is 1.31 bits per heavy atom. The van der Waals surface area contributed by atoms with Crippen LogP contribution < -0.4 is 5.56 Å². The Kier molecular flexibility index (Phi) is 5.81. The molecule has 1 saturated carbocycles. The molecule has 1 aliphatic carbocycles. The van der Waals surface area contributed by atoms with E-state index in [0.717, 1.165) is 12.1 Å². The summed E-state index contributed by atoms with van der Waals surface area (Å²) in [5.74, 6) is 1.04. The van der Waals surface area contributed by atoms with Crippen LogP contribution in [-0.2, 0) is 11.2 Å². The third-order valence-corrected chi connectivity index (χ3v) is 5.17. The summed E-state index contributed by atoms with van der Waals surface area (Å²) in [6.07, 6.45) is 9.61. The Morgan fingerprint density at radius 3 is 2.73 bits per heavy atom. The highest BCUT2D eigenvalue weighted by Crippen LogP contribution is 2.24. The molecule has 0 saturated heterocycles. The maximum atomic E-state index is 12.6. The minimum absolute atomic E-state index is 0.0277. The van der Waals surface area contributed by atoms with Gasteiger partial charge in [0.15, 0.2) is 0 Å². The van der Waals surface area contributed by atoms with Crippen molar-refractivity contribution in [3.8, 4) is 11.4 Å². The van der Waals surface area contributed by atoms with E-state index in [4.69, 9.17) is 0 Å². The molecule has 26 heavy (non-hydrogen) atoms. The van der Waals surface area contributed by atoms with Crippen molar-refractivity contribution in [1.82, 2.24) is 19.9 Å². The van der Waals surface area contributed by atoms with E-state index in [2.05, 4.69) is 15.0 Å². The van der Waals surface area contributed by atoms with Gasteiger partial charge in [0.05, 0.1) is 6.42 Å². The van der Waals surface area contributed by atoms with E-state index in [0.29, 0.717) is 23.0 Å². The SMILES string of the molecule is Cc1nc(-c2cccnc2)[nH]c(=O)c1CC(=O)N(C)CC1CCCCC1. The number of hydrogen-bond donors (Lipinski definition) is 1. The first-order valence-corrected chi connectivity index (χ1v) is 9.28. The second-order valence-corrected chi connectivity index (χ2v) is 7.18. The highest BCUT2D eigenvalue weighted by molar-refractivity contribution is 5.78. The summed E-state index contributed by atoms with van der Waals surface area (Å²) < 4.78 is 0. The first-order chi connectivity index (χ1) is 12.5. The number of amides is 1. The molecule has 6 nitrogen and oxygen atoms in total. The van der Waals surface area contributed by atoms with Gasteiger partial charge in [-0.3, -0.25) is 14.6 Å². The van der Waals surface area contributed by atoms with E-state index in [1.807, 2.05) is 13.1 Å². The van der Waals surface area contributed by atoms with Crippen LogP contribution in [0.2, 0.25) is 0 Å². The molecule has 1 N–H and O–H groups in total. The smallest absolute Gasteiger partial charge is 0.255 e. The van der Waals surface area contributed by atoms with Crippen molar-refractivity contribution in [3.63, 3.8) is 0 Å². The van der Waals surface area contributed by atoms with Gasteiger partial charge >= 0.3 is 0 Å². The van der Waals surface area contributed by atoms with Crippen LogP contribution in [0, 0.1) is 12.8 Å². The zero-order chi connectivity index (χ0) is 18.5. The van der Waals surface area contributed by atoms with Crippen molar-refractivity contribution in [2.45, 2.75) is 45.4 Å². The van der Waals surface area contributed by atoms with Crippen LogP contribution in [-0.4, -0.2) is 39.4 Å². The number of aryl methyl sites for hydroxylation is 1. The summed E-state index contributed by atoms with van der Waals surface area (Å²) in [6, 6.07) is 3.63. The fraction of sp³-hybridized carbons (Fsp3) is 0.500. The van der Waals surface area contributed by atoms with E-state index < -0.39 is 0 Å². The van der Waals surface area contributed by atoms with Gasteiger partial charge in [-0.05, 0) is 37.8 Å². The molecule has 3 rings (SSSR count). The van der Waals surface area contributed by atoms with E-state index in [-0.39, 0.29) is 17.9 Å². The van der Waals surface area contributed by atoms with Crippen molar-refractivity contribution >= 4 is 5.91 Å². The lowest BCUT2D eigenvalue weighted by atomic mass is 9.89. The Hall–Kier alpha value is -2.50. The number of nitrogens with one attached hydrogen (secondary N) is 1. The minimum atomic E-state index is -0.254. The third kappa shape index (κ3) is 4.36. The molecule has 2 aromatic rings. The van der Waals surface area contributed by atoms with Gasteiger partial charge in [-0.2, -0.15) is 0 Å². The molecule has 1 aliphatic rings. The lowest BCUT2D eigenvalue weighted by molar-refractivity contribution is -0.129. The average molecular weight is 354 g/mol. The maximum Gasteiger partial charge on any atom is 0.255 e. The van der Waals surface area contributed by atoms with Crippen LogP contribution in [0.1, 0.15) is 43.4 Å². The van der Waals surface area contributed by atoms with Gasteiger partial charge < -0.3 is 9.88 Å². The quantitative estimate of drug-likeness (QED) is 0.895. The van der Waals surface area contributed by atoms with E-state index >= 15 is 0 Å². The van der Waals surface area contributed by atoms with Crippen LogP contribution in [0.3, 0.4) is 0 Å². The highest BCUT2D eigenvalue weighted by Gasteiger charge is 2.20. The van der Waals surface area contributed by atoms with Gasteiger partial charge in [0, 0.05) is 42.8 Å². The lowest BCUT2D eigenvalue weighted by Gasteiger charge is -2.27. The van der Waals surface area contributed by atoms with Gasteiger partial charge in [-0.25, -0.2) is 4.98 Å². The Morgan fingerprint density at radius 2 is 2.08 bits per heavy atom. The predicted molar refractivity (Wildman–Crippen MR) is 101 cm³/mol. The van der Waals surface area contributed by atoms with Gasteiger partial charge in [-0.1, -0.05) is 19.3 Å². The molecule has 0 aromatic carbocycles. The monoisotopic (exact) mass is 354 g/mol. The molecule has 1 fully saturated rings. The summed E-state index contributed by atoms with van der Waals surface area (Å²) in [5, 5.41) is 0. The summed E-state index contributed by atoms with van der Waals surface area (Å²) in [7, 11) is 1.83. The molecule has 0 atom stereocenters. The molecule has 0 spiro atoms. The van der Waals surface area contributed by atoms with Gasteiger partial charge in [0.1, 0.15) is 5.82 Å².